The van der Waals surface area contributed by atoms with Crippen LogP contribution in [0.3, 0.4) is 0 Å². The first kappa shape index (κ1) is 23.8. The van der Waals surface area contributed by atoms with Crippen molar-refractivity contribution in [1.29, 1.82) is 0 Å². The second-order valence-corrected chi connectivity index (χ2v) is 8.60. The number of hydrogen-bond acceptors (Lipinski definition) is 5. The Hall–Kier alpha value is -3.34. The van der Waals surface area contributed by atoms with Crippen LogP contribution < -0.4 is 9.80 Å². The Labute approximate surface area is 203 Å². The molecule has 2 aromatic carbocycles. The zero-order valence-corrected chi connectivity index (χ0v) is 21.0. The van der Waals surface area contributed by atoms with Crippen LogP contribution in [0.4, 0.5) is 11.4 Å². The minimum absolute atomic E-state index is 0.321. The fourth-order valence-electron chi connectivity index (χ4n) is 4.93. The first-order valence-electron chi connectivity index (χ1n) is 12.5. The van der Waals surface area contributed by atoms with Crippen molar-refractivity contribution in [2.75, 3.05) is 36.0 Å². The minimum Gasteiger partial charge on any atom is -0.439 e. The molecule has 0 saturated heterocycles. The van der Waals surface area contributed by atoms with Crippen molar-refractivity contribution in [1.82, 2.24) is 4.98 Å². The second-order valence-electron chi connectivity index (χ2n) is 8.60. The maximum Gasteiger partial charge on any atom is 0.341 e. The number of rotatable bonds is 9. The smallest absolute Gasteiger partial charge is 0.341 e. The lowest BCUT2D eigenvalue weighted by Crippen LogP contribution is -2.31. The molecule has 5 nitrogen and oxygen atoms in total. The highest BCUT2D eigenvalue weighted by atomic mass is 16.6. The molecule has 0 atom stereocenters. The van der Waals surface area contributed by atoms with Crippen molar-refractivity contribution in [3.63, 3.8) is 0 Å². The van der Waals surface area contributed by atoms with Gasteiger partial charge in [-0.25, -0.2) is 4.79 Å². The molecule has 1 aromatic heterocycles. The zero-order valence-electron chi connectivity index (χ0n) is 21.0. The van der Waals surface area contributed by atoms with Gasteiger partial charge in [-0.1, -0.05) is 31.2 Å². The van der Waals surface area contributed by atoms with E-state index in [0.717, 1.165) is 60.7 Å². The predicted molar refractivity (Wildman–Crippen MR) is 139 cm³/mol. The second kappa shape index (κ2) is 9.88. The van der Waals surface area contributed by atoms with Crippen molar-refractivity contribution >= 4 is 17.3 Å². The summed E-state index contributed by atoms with van der Waals surface area (Å²) >= 11 is 0. The average molecular weight is 458 g/mol. The van der Waals surface area contributed by atoms with Crippen LogP contribution in [0.2, 0.25) is 0 Å². The van der Waals surface area contributed by atoms with Gasteiger partial charge in [-0.15, -0.1) is 0 Å². The molecule has 0 unspecified atom stereocenters. The molecule has 34 heavy (non-hydrogen) atoms. The highest BCUT2D eigenvalue weighted by Gasteiger charge is 2.50. The van der Waals surface area contributed by atoms with Crippen LogP contribution in [0.15, 0.2) is 60.8 Å². The molecule has 1 aliphatic heterocycles. The lowest BCUT2D eigenvalue weighted by molar-refractivity contribution is 0.0243. The lowest BCUT2D eigenvalue weighted by Gasteiger charge is -2.31. The van der Waals surface area contributed by atoms with E-state index in [1.54, 1.807) is 0 Å². The van der Waals surface area contributed by atoms with E-state index in [0.29, 0.717) is 11.3 Å². The number of aromatic nitrogens is 1. The number of carbonyl (C=O) groups excluding carboxylic acids is 1. The van der Waals surface area contributed by atoms with Crippen LogP contribution >= 0.6 is 0 Å². The fraction of sp³-hybridized carbons (Fsp3) is 0.379. The van der Waals surface area contributed by atoms with E-state index in [2.05, 4.69) is 92.9 Å². The van der Waals surface area contributed by atoms with Crippen molar-refractivity contribution in [3.05, 3.63) is 88.7 Å². The number of cyclic esters (lactones) is 1. The van der Waals surface area contributed by atoms with Gasteiger partial charge in [0.05, 0.1) is 5.56 Å². The zero-order chi connectivity index (χ0) is 24.3. The summed E-state index contributed by atoms with van der Waals surface area (Å²) < 4.78 is 6.27. The molecule has 0 saturated carbocycles. The molecule has 0 bridgehead atoms. The summed E-state index contributed by atoms with van der Waals surface area (Å²) in [6.07, 6.45) is 2.68. The molecule has 0 radical (unpaired) electrons. The number of ether oxygens (including phenoxy) is 1. The average Bonchev–Trinajstić information content (AvgIpc) is 3.19. The van der Waals surface area contributed by atoms with Gasteiger partial charge in [0.25, 0.3) is 0 Å². The normalized spacial score (nSPS) is 14.0. The van der Waals surface area contributed by atoms with Crippen LogP contribution in [-0.4, -0.2) is 37.1 Å². The monoisotopic (exact) mass is 457 g/mol. The molecule has 0 amide bonds. The number of carbonyl (C=O) groups is 1. The summed E-state index contributed by atoms with van der Waals surface area (Å²) in [4.78, 5) is 22.6. The number of benzene rings is 2. The topological polar surface area (TPSA) is 45.7 Å². The number of hydrogen-bond donors (Lipinski definition) is 0. The maximum absolute atomic E-state index is 13.2. The molecule has 178 valence electrons. The Balaban J connectivity index is 1.88. The van der Waals surface area contributed by atoms with Gasteiger partial charge in [0.2, 0.25) is 5.60 Å². The number of anilines is 2. The van der Waals surface area contributed by atoms with E-state index >= 15 is 0 Å². The van der Waals surface area contributed by atoms with Gasteiger partial charge in [0, 0.05) is 54.9 Å². The minimum atomic E-state index is -1.07. The van der Waals surface area contributed by atoms with E-state index in [-0.39, 0.29) is 5.97 Å². The molecule has 5 heteroatoms. The molecule has 2 heterocycles. The van der Waals surface area contributed by atoms with E-state index < -0.39 is 5.60 Å². The molecule has 0 aliphatic carbocycles. The van der Waals surface area contributed by atoms with Crippen molar-refractivity contribution < 1.29 is 9.53 Å². The summed E-state index contributed by atoms with van der Waals surface area (Å²) in [5.74, 6) is -0.321. The van der Waals surface area contributed by atoms with E-state index in [1.807, 2.05) is 12.3 Å². The standard InChI is InChI=1S/C29H35N3O2/c1-6-21-19-26-27(30-20-21)29(34-28(26)33,22-11-15-24(16-12-22)31(7-2)8-3)23-13-17-25(18-14-23)32(9-4)10-5/h11-20H,6-10H2,1-5H3. The van der Waals surface area contributed by atoms with Crippen molar-refractivity contribution in [2.45, 2.75) is 46.6 Å². The van der Waals surface area contributed by atoms with E-state index in [1.165, 1.54) is 0 Å². The molecule has 0 fully saturated rings. The van der Waals surface area contributed by atoms with Crippen molar-refractivity contribution in [3.8, 4) is 0 Å². The van der Waals surface area contributed by atoms with Gasteiger partial charge in [-0.05, 0) is 70.0 Å². The summed E-state index contributed by atoms with van der Waals surface area (Å²) in [6.45, 7) is 14.4. The summed E-state index contributed by atoms with van der Waals surface area (Å²) in [5.41, 5.74) is 5.30. The predicted octanol–water partition coefficient (Wildman–Crippen LogP) is 5.80. The quantitative estimate of drug-likeness (QED) is 0.380. The number of esters is 1. The largest absolute Gasteiger partial charge is 0.439 e. The van der Waals surface area contributed by atoms with Crippen LogP contribution in [0.1, 0.15) is 67.4 Å². The van der Waals surface area contributed by atoms with Crippen LogP contribution in [-0.2, 0) is 16.8 Å². The van der Waals surface area contributed by atoms with Crippen molar-refractivity contribution in [2.24, 2.45) is 0 Å². The first-order valence-corrected chi connectivity index (χ1v) is 12.5. The molecule has 0 spiro atoms. The van der Waals surface area contributed by atoms with Gasteiger partial charge in [-0.3, -0.25) is 4.98 Å². The van der Waals surface area contributed by atoms with Gasteiger partial charge < -0.3 is 14.5 Å². The summed E-state index contributed by atoms with van der Waals surface area (Å²) in [7, 11) is 0. The van der Waals surface area contributed by atoms with Crippen LogP contribution in [0.25, 0.3) is 0 Å². The SMILES string of the molecule is CCc1cnc2c(c1)C(=O)OC2(c1ccc(N(CC)CC)cc1)c1ccc(N(CC)CC)cc1. The number of nitrogens with zero attached hydrogens (tertiary/aromatic N) is 3. The Morgan fingerprint density at radius 3 is 1.65 bits per heavy atom. The summed E-state index contributed by atoms with van der Waals surface area (Å²) in [6, 6.07) is 18.7. The number of pyridine rings is 1. The van der Waals surface area contributed by atoms with Crippen LogP contribution in [0, 0.1) is 0 Å². The van der Waals surface area contributed by atoms with E-state index in [4.69, 9.17) is 9.72 Å². The Kier molecular flexibility index (Phi) is 6.92. The lowest BCUT2D eigenvalue weighted by atomic mass is 9.82. The Morgan fingerprint density at radius 2 is 1.24 bits per heavy atom. The third kappa shape index (κ3) is 3.93. The summed E-state index contributed by atoms with van der Waals surface area (Å²) in [5, 5.41) is 0. The number of aryl methyl sites for hydroxylation is 1. The molecular weight excluding hydrogens is 422 g/mol. The highest BCUT2D eigenvalue weighted by molar-refractivity contribution is 5.95. The molecular formula is C29H35N3O2. The maximum atomic E-state index is 13.2. The van der Waals surface area contributed by atoms with Gasteiger partial charge in [0.15, 0.2) is 0 Å². The number of fused-ring (bicyclic) bond motifs is 1. The molecule has 4 rings (SSSR count). The molecule has 1 aliphatic rings. The molecule has 3 aromatic rings. The first-order chi connectivity index (χ1) is 16.5. The van der Waals surface area contributed by atoms with Gasteiger partial charge >= 0.3 is 5.97 Å². The highest BCUT2D eigenvalue weighted by Crippen LogP contribution is 2.46. The molecule has 0 N–H and O–H groups in total. The van der Waals surface area contributed by atoms with Crippen LogP contribution in [0.5, 0.6) is 0 Å². The van der Waals surface area contributed by atoms with Gasteiger partial charge in [-0.2, -0.15) is 0 Å². The van der Waals surface area contributed by atoms with Gasteiger partial charge in [0.1, 0.15) is 5.69 Å². The Morgan fingerprint density at radius 1 is 0.765 bits per heavy atom. The Bertz CT molecular complexity index is 1080. The third-order valence-corrected chi connectivity index (χ3v) is 6.96. The third-order valence-electron chi connectivity index (χ3n) is 6.96. The fourth-order valence-corrected chi connectivity index (χ4v) is 4.93. The van der Waals surface area contributed by atoms with E-state index in [9.17, 15) is 4.79 Å².